The number of carbonyl (C=O) groups excluding carboxylic acids is 2. The molecule has 2 aromatic carbocycles. The van der Waals surface area contributed by atoms with Gasteiger partial charge in [0.05, 0.1) is 5.75 Å². The summed E-state index contributed by atoms with van der Waals surface area (Å²) in [7, 11) is 0. The van der Waals surface area contributed by atoms with Crippen LogP contribution in [0.4, 0.5) is 0 Å². The van der Waals surface area contributed by atoms with Crippen molar-refractivity contribution in [1.82, 2.24) is 10.2 Å². The summed E-state index contributed by atoms with van der Waals surface area (Å²) in [6, 6.07) is 15.2. The Kier molecular flexibility index (Phi) is 9.30. The Hall–Kier alpha value is -1.50. The Labute approximate surface area is 202 Å². The smallest absolute Gasteiger partial charge is 0.242 e. The maximum Gasteiger partial charge on any atom is 0.242 e. The summed E-state index contributed by atoms with van der Waals surface area (Å²) in [5.74, 6) is 0.816. The zero-order chi connectivity index (χ0) is 22.2. The van der Waals surface area contributed by atoms with E-state index in [0.29, 0.717) is 23.1 Å². The topological polar surface area (TPSA) is 49.4 Å². The van der Waals surface area contributed by atoms with E-state index in [2.05, 4.69) is 21.2 Å². The molecule has 0 heterocycles. The predicted molar refractivity (Wildman–Crippen MR) is 132 cm³/mol. The lowest BCUT2D eigenvalue weighted by molar-refractivity contribution is -0.138. The molecular formula is C24H28BrClN2O2S. The number of benzene rings is 2. The molecule has 7 heteroatoms. The monoisotopic (exact) mass is 522 g/mol. The summed E-state index contributed by atoms with van der Waals surface area (Å²) >= 11 is 11.2. The molecule has 3 rings (SSSR count). The van der Waals surface area contributed by atoms with Crippen LogP contribution in [0.15, 0.2) is 53.0 Å². The summed E-state index contributed by atoms with van der Waals surface area (Å²) in [5.41, 5.74) is 1.99. The molecule has 1 saturated carbocycles. The highest BCUT2D eigenvalue weighted by atomic mass is 79.9. The fraction of sp³-hybridized carbons (Fsp3) is 0.417. The van der Waals surface area contributed by atoms with Crippen LogP contribution in [0.3, 0.4) is 0 Å². The second kappa shape index (κ2) is 11.9. The average molecular weight is 524 g/mol. The third-order valence-corrected chi connectivity index (χ3v) is 7.38. The minimum atomic E-state index is -0.534. The van der Waals surface area contributed by atoms with E-state index in [1.165, 1.54) is 11.8 Å². The van der Waals surface area contributed by atoms with Crippen LogP contribution in [-0.2, 0) is 21.9 Å². The van der Waals surface area contributed by atoms with E-state index in [1.54, 1.807) is 4.90 Å². The van der Waals surface area contributed by atoms with Gasteiger partial charge in [-0.1, -0.05) is 70.7 Å². The first-order valence-corrected chi connectivity index (χ1v) is 12.9. The minimum Gasteiger partial charge on any atom is -0.352 e. The lowest BCUT2D eigenvalue weighted by Gasteiger charge is -2.29. The Morgan fingerprint density at radius 1 is 1.19 bits per heavy atom. The van der Waals surface area contributed by atoms with E-state index in [-0.39, 0.29) is 17.9 Å². The summed E-state index contributed by atoms with van der Waals surface area (Å²) in [6.45, 7) is 2.21. The molecule has 0 aromatic heterocycles. The van der Waals surface area contributed by atoms with Crippen molar-refractivity contribution in [2.45, 2.75) is 57.0 Å². The lowest BCUT2D eigenvalue weighted by Crippen LogP contribution is -2.50. The van der Waals surface area contributed by atoms with Crippen LogP contribution >= 0.6 is 39.3 Å². The maximum atomic E-state index is 13.2. The van der Waals surface area contributed by atoms with Gasteiger partial charge in [0, 0.05) is 27.8 Å². The molecule has 1 aliphatic rings. The highest BCUT2D eigenvalue weighted by molar-refractivity contribution is 9.10. The molecule has 2 amide bonds. The first-order valence-electron chi connectivity index (χ1n) is 10.6. The van der Waals surface area contributed by atoms with Gasteiger partial charge in [0.25, 0.3) is 0 Å². The van der Waals surface area contributed by atoms with Crippen LogP contribution in [0, 0.1) is 0 Å². The van der Waals surface area contributed by atoms with Gasteiger partial charge < -0.3 is 10.2 Å². The SMILES string of the molecule is C[C@H](C(=O)NC1CCCC1)N(Cc1cccc(Br)c1)C(=O)CSCc1ccccc1Cl. The molecule has 31 heavy (non-hydrogen) atoms. The number of hydrogen-bond acceptors (Lipinski definition) is 3. The molecule has 0 aliphatic heterocycles. The molecule has 166 valence electrons. The molecule has 1 atom stereocenters. The van der Waals surface area contributed by atoms with Crippen molar-refractivity contribution >= 4 is 51.1 Å². The number of thioether (sulfide) groups is 1. The van der Waals surface area contributed by atoms with Crippen molar-refractivity contribution in [3.05, 3.63) is 69.2 Å². The molecule has 0 saturated heterocycles. The number of nitrogens with one attached hydrogen (secondary N) is 1. The minimum absolute atomic E-state index is 0.0499. The molecule has 1 aliphatic carbocycles. The summed E-state index contributed by atoms with van der Waals surface area (Å²) in [6.07, 6.45) is 4.34. The van der Waals surface area contributed by atoms with E-state index < -0.39 is 6.04 Å². The molecule has 0 radical (unpaired) electrons. The summed E-state index contributed by atoms with van der Waals surface area (Å²) < 4.78 is 0.952. The molecular weight excluding hydrogens is 496 g/mol. The Bertz CT molecular complexity index is 905. The normalized spacial score (nSPS) is 14.9. The van der Waals surface area contributed by atoms with Crippen molar-refractivity contribution in [1.29, 1.82) is 0 Å². The van der Waals surface area contributed by atoms with Crippen LogP contribution in [0.5, 0.6) is 0 Å². The third-order valence-electron chi connectivity index (χ3n) is 5.55. The van der Waals surface area contributed by atoms with E-state index >= 15 is 0 Å². The van der Waals surface area contributed by atoms with Gasteiger partial charge in [-0.05, 0) is 49.1 Å². The molecule has 0 unspecified atom stereocenters. The van der Waals surface area contributed by atoms with Gasteiger partial charge in [0.15, 0.2) is 0 Å². The summed E-state index contributed by atoms with van der Waals surface area (Å²) in [4.78, 5) is 27.8. The molecule has 4 nitrogen and oxygen atoms in total. The predicted octanol–water partition coefficient (Wildman–Crippen LogP) is 5.81. The number of halogens is 2. The van der Waals surface area contributed by atoms with Gasteiger partial charge in [-0.3, -0.25) is 9.59 Å². The third kappa shape index (κ3) is 7.26. The molecule has 0 bridgehead atoms. The fourth-order valence-electron chi connectivity index (χ4n) is 3.75. The first-order chi connectivity index (χ1) is 14.9. The molecule has 2 aromatic rings. The average Bonchev–Trinajstić information content (AvgIpc) is 3.26. The number of amides is 2. The standard InChI is InChI=1S/C24H28BrClN2O2S/c1-17(24(30)27-21-10-3-4-11-21)28(14-18-7-6-9-20(25)13-18)23(29)16-31-15-19-8-2-5-12-22(19)26/h2,5-9,12-13,17,21H,3-4,10-11,14-16H2,1H3,(H,27,30)/t17-/m1/s1. The zero-order valence-electron chi connectivity index (χ0n) is 17.7. The Morgan fingerprint density at radius 2 is 1.94 bits per heavy atom. The highest BCUT2D eigenvalue weighted by Crippen LogP contribution is 2.23. The maximum absolute atomic E-state index is 13.2. The van der Waals surface area contributed by atoms with Crippen molar-refractivity contribution in [2.75, 3.05) is 5.75 Å². The van der Waals surface area contributed by atoms with Gasteiger partial charge in [-0.25, -0.2) is 0 Å². The number of rotatable bonds is 9. The van der Waals surface area contributed by atoms with Gasteiger partial charge in [0.1, 0.15) is 6.04 Å². The number of nitrogens with zero attached hydrogens (tertiary/aromatic N) is 1. The van der Waals surface area contributed by atoms with E-state index in [9.17, 15) is 9.59 Å². The number of hydrogen-bond donors (Lipinski definition) is 1. The van der Waals surface area contributed by atoms with Crippen molar-refractivity contribution in [2.24, 2.45) is 0 Å². The van der Waals surface area contributed by atoms with Crippen molar-refractivity contribution < 1.29 is 9.59 Å². The van der Waals surface area contributed by atoms with E-state index in [4.69, 9.17) is 11.6 Å². The van der Waals surface area contributed by atoms with Crippen molar-refractivity contribution in [3.63, 3.8) is 0 Å². The van der Waals surface area contributed by atoms with Crippen LogP contribution in [0.25, 0.3) is 0 Å². The van der Waals surface area contributed by atoms with Crippen LogP contribution < -0.4 is 5.32 Å². The lowest BCUT2D eigenvalue weighted by atomic mass is 10.1. The molecule has 1 fully saturated rings. The Balaban J connectivity index is 1.66. The van der Waals surface area contributed by atoms with E-state index in [1.807, 2.05) is 55.5 Å². The van der Waals surface area contributed by atoms with E-state index in [0.717, 1.165) is 41.3 Å². The van der Waals surface area contributed by atoms with Crippen LogP contribution in [0.2, 0.25) is 5.02 Å². The van der Waals surface area contributed by atoms with Gasteiger partial charge in [-0.15, -0.1) is 11.8 Å². The second-order valence-electron chi connectivity index (χ2n) is 7.90. The Morgan fingerprint density at radius 3 is 2.65 bits per heavy atom. The van der Waals surface area contributed by atoms with Gasteiger partial charge >= 0.3 is 0 Å². The fourth-order valence-corrected chi connectivity index (χ4v) is 5.40. The van der Waals surface area contributed by atoms with Crippen LogP contribution in [-0.4, -0.2) is 34.6 Å². The van der Waals surface area contributed by atoms with Crippen molar-refractivity contribution in [3.8, 4) is 0 Å². The highest BCUT2D eigenvalue weighted by Gasteiger charge is 2.28. The summed E-state index contributed by atoms with van der Waals surface area (Å²) in [5, 5.41) is 3.84. The van der Waals surface area contributed by atoms with Crippen LogP contribution in [0.1, 0.15) is 43.7 Å². The largest absolute Gasteiger partial charge is 0.352 e. The first kappa shape index (κ1) is 24.1. The van der Waals surface area contributed by atoms with Gasteiger partial charge in [-0.2, -0.15) is 0 Å². The zero-order valence-corrected chi connectivity index (χ0v) is 20.8. The molecule has 0 spiro atoms. The second-order valence-corrected chi connectivity index (χ2v) is 10.2. The number of carbonyl (C=O) groups is 2. The molecule has 1 N–H and O–H groups in total. The quantitative estimate of drug-likeness (QED) is 0.451. The van der Waals surface area contributed by atoms with Gasteiger partial charge in [0.2, 0.25) is 11.8 Å².